The Kier molecular flexibility index (Phi) is 5.57. The fourth-order valence-corrected chi connectivity index (χ4v) is 6.90. The fraction of sp³-hybridized carbons (Fsp3) is 0. The number of aromatic nitrogens is 2. The van der Waals surface area contributed by atoms with Gasteiger partial charge in [0.1, 0.15) is 0 Å². The van der Waals surface area contributed by atoms with Crippen molar-refractivity contribution in [2.45, 2.75) is 0 Å². The van der Waals surface area contributed by atoms with Gasteiger partial charge in [0.15, 0.2) is 5.69 Å². The molecular formula is C42H25N3. The zero-order chi connectivity index (χ0) is 29.9. The Bertz CT molecular complexity index is 2650. The number of hydrogen-bond acceptors (Lipinski definition) is 1. The Balaban J connectivity index is 1.19. The van der Waals surface area contributed by atoms with Crippen molar-refractivity contribution in [3.8, 4) is 27.9 Å². The molecule has 2 aromatic heterocycles. The Hall–Kier alpha value is -6.24. The molecule has 0 saturated heterocycles. The standard InChI is InChI=1S/C42H25N3/c1-43-31-22-24-40-37(26-31)34-13-5-7-16-39(34)45(40)32-11-8-10-30(25-32)27-17-19-29(20-18-27)41-35-14-4-6-15-38(35)44-42-33-12-3-2-9-28(33)21-23-36(41)42/h2-26H. The third kappa shape index (κ3) is 3.94. The molecule has 0 amide bonds. The minimum absolute atomic E-state index is 0.655. The monoisotopic (exact) mass is 571 g/mol. The molecule has 0 atom stereocenters. The summed E-state index contributed by atoms with van der Waals surface area (Å²) in [5.74, 6) is 0. The predicted octanol–water partition coefficient (Wildman–Crippen LogP) is 11.5. The van der Waals surface area contributed by atoms with Crippen LogP contribution in [0.3, 0.4) is 0 Å². The molecule has 0 aliphatic carbocycles. The van der Waals surface area contributed by atoms with Gasteiger partial charge in [-0.15, -0.1) is 0 Å². The van der Waals surface area contributed by atoms with Gasteiger partial charge < -0.3 is 4.57 Å². The zero-order valence-electron chi connectivity index (χ0n) is 24.3. The van der Waals surface area contributed by atoms with Crippen LogP contribution < -0.4 is 0 Å². The molecule has 0 radical (unpaired) electrons. The molecule has 2 heterocycles. The van der Waals surface area contributed by atoms with E-state index in [0.717, 1.165) is 60.4 Å². The minimum Gasteiger partial charge on any atom is -0.309 e. The van der Waals surface area contributed by atoms with Gasteiger partial charge in [-0.25, -0.2) is 9.83 Å². The molecule has 9 rings (SSSR count). The molecule has 45 heavy (non-hydrogen) atoms. The van der Waals surface area contributed by atoms with Crippen LogP contribution in [0.25, 0.3) is 87.2 Å². The van der Waals surface area contributed by atoms with Crippen LogP contribution in [0.1, 0.15) is 0 Å². The number of pyridine rings is 1. The number of nitrogens with zero attached hydrogens (tertiary/aromatic N) is 3. The molecule has 0 bridgehead atoms. The lowest BCUT2D eigenvalue weighted by Crippen LogP contribution is -1.94. The maximum Gasteiger partial charge on any atom is 0.188 e. The summed E-state index contributed by atoms with van der Waals surface area (Å²) in [5.41, 5.74) is 10.7. The van der Waals surface area contributed by atoms with Crippen molar-refractivity contribution >= 4 is 60.1 Å². The first-order valence-electron chi connectivity index (χ1n) is 15.1. The maximum absolute atomic E-state index is 7.52. The first-order valence-corrected chi connectivity index (χ1v) is 15.1. The summed E-state index contributed by atoms with van der Waals surface area (Å²) in [6.45, 7) is 7.52. The molecule has 0 N–H and O–H groups in total. The molecule has 0 spiro atoms. The smallest absolute Gasteiger partial charge is 0.188 e. The average Bonchev–Trinajstić information content (AvgIpc) is 3.44. The molecule has 3 nitrogen and oxygen atoms in total. The first-order chi connectivity index (χ1) is 22.3. The van der Waals surface area contributed by atoms with E-state index in [1.54, 1.807) is 0 Å². The summed E-state index contributed by atoms with van der Waals surface area (Å²) in [7, 11) is 0. The Morgan fingerprint density at radius 1 is 0.489 bits per heavy atom. The van der Waals surface area contributed by atoms with E-state index >= 15 is 0 Å². The van der Waals surface area contributed by atoms with Gasteiger partial charge in [-0.1, -0.05) is 115 Å². The Labute approximate surface area is 260 Å². The van der Waals surface area contributed by atoms with E-state index in [4.69, 9.17) is 11.6 Å². The van der Waals surface area contributed by atoms with Gasteiger partial charge in [0, 0.05) is 32.8 Å². The third-order valence-electron chi connectivity index (χ3n) is 8.97. The zero-order valence-corrected chi connectivity index (χ0v) is 24.3. The van der Waals surface area contributed by atoms with Crippen LogP contribution in [0.4, 0.5) is 5.69 Å². The van der Waals surface area contributed by atoms with E-state index in [9.17, 15) is 0 Å². The Morgan fingerprint density at radius 2 is 1.22 bits per heavy atom. The number of fused-ring (bicyclic) bond motifs is 7. The van der Waals surface area contributed by atoms with E-state index in [0.29, 0.717) is 5.69 Å². The lowest BCUT2D eigenvalue weighted by Gasteiger charge is -2.14. The summed E-state index contributed by atoms with van der Waals surface area (Å²) in [6, 6.07) is 53.4. The second-order valence-electron chi connectivity index (χ2n) is 11.5. The van der Waals surface area contributed by atoms with E-state index < -0.39 is 0 Å². The highest BCUT2D eigenvalue weighted by atomic mass is 15.0. The highest BCUT2D eigenvalue weighted by molar-refractivity contribution is 6.17. The van der Waals surface area contributed by atoms with Crippen LogP contribution in [-0.2, 0) is 0 Å². The highest BCUT2D eigenvalue weighted by Crippen LogP contribution is 2.39. The molecule has 3 heteroatoms. The van der Waals surface area contributed by atoms with Crippen LogP contribution in [0.2, 0.25) is 0 Å². The molecule has 7 aromatic carbocycles. The molecule has 0 unspecified atom stereocenters. The number of para-hydroxylation sites is 2. The lowest BCUT2D eigenvalue weighted by atomic mass is 9.93. The van der Waals surface area contributed by atoms with E-state index in [-0.39, 0.29) is 0 Å². The molecule has 9 aromatic rings. The summed E-state index contributed by atoms with van der Waals surface area (Å²) < 4.78 is 2.30. The van der Waals surface area contributed by atoms with E-state index in [1.807, 2.05) is 12.1 Å². The van der Waals surface area contributed by atoms with Crippen molar-refractivity contribution in [1.82, 2.24) is 9.55 Å². The summed E-state index contributed by atoms with van der Waals surface area (Å²) in [4.78, 5) is 8.80. The molecule has 208 valence electrons. The van der Waals surface area contributed by atoms with Crippen LogP contribution >= 0.6 is 0 Å². The second kappa shape index (κ2) is 9.91. The molecule has 0 saturated carbocycles. The molecule has 0 aliphatic rings. The number of benzene rings is 7. The van der Waals surface area contributed by atoms with E-state index in [2.05, 4.69) is 149 Å². The number of hydrogen-bond donors (Lipinski definition) is 0. The van der Waals surface area contributed by atoms with Crippen LogP contribution in [0, 0.1) is 6.57 Å². The van der Waals surface area contributed by atoms with Crippen LogP contribution in [0.15, 0.2) is 152 Å². The van der Waals surface area contributed by atoms with Crippen LogP contribution in [-0.4, -0.2) is 9.55 Å². The van der Waals surface area contributed by atoms with Crippen LogP contribution in [0.5, 0.6) is 0 Å². The minimum atomic E-state index is 0.655. The first kappa shape index (κ1) is 25.3. The van der Waals surface area contributed by atoms with Crippen molar-refractivity contribution in [3.63, 3.8) is 0 Å². The lowest BCUT2D eigenvalue weighted by molar-refractivity contribution is 1.18. The van der Waals surface area contributed by atoms with Crippen molar-refractivity contribution in [3.05, 3.63) is 163 Å². The summed E-state index contributed by atoms with van der Waals surface area (Å²) >= 11 is 0. The summed E-state index contributed by atoms with van der Waals surface area (Å²) in [5, 5.41) is 6.93. The van der Waals surface area contributed by atoms with Crippen molar-refractivity contribution in [1.29, 1.82) is 0 Å². The van der Waals surface area contributed by atoms with Gasteiger partial charge in [0.25, 0.3) is 0 Å². The molecular weight excluding hydrogens is 546 g/mol. The van der Waals surface area contributed by atoms with E-state index in [1.165, 1.54) is 21.9 Å². The van der Waals surface area contributed by atoms with Gasteiger partial charge in [0.05, 0.1) is 28.6 Å². The summed E-state index contributed by atoms with van der Waals surface area (Å²) in [6.07, 6.45) is 0. The largest absolute Gasteiger partial charge is 0.309 e. The van der Waals surface area contributed by atoms with Gasteiger partial charge in [-0.2, -0.15) is 0 Å². The SMILES string of the molecule is [C-]#[N+]c1ccc2c(c1)c1ccccc1n2-c1cccc(-c2ccc(-c3c4ccccc4nc4c3ccc3ccccc34)cc2)c1. The van der Waals surface area contributed by atoms with Crippen molar-refractivity contribution in [2.24, 2.45) is 0 Å². The maximum atomic E-state index is 7.52. The second-order valence-corrected chi connectivity index (χ2v) is 11.5. The van der Waals surface area contributed by atoms with Gasteiger partial charge >= 0.3 is 0 Å². The normalized spacial score (nSPS) is 11.5. The average molecular weight is 572 g/mol. The molecule has 0 fully saturated rings. The fourth-order valence-electron chi connectivity index (χ4n) is 6.90. The molecule has 0 aliphatic heterocycles. The van der Waals surface area contributed by atoms with Gasteiger partial charge in [-0.05, 0) is 63.9 Å². The number of rotatable bonds is 3. The Morgan fingerprint density at radius 3 is 2.09 bits per heavy atom. The topological polar surface area (TPSA) is 22.2 Å². The van der Waals surface area contributed by atoms with Gasteiger partial charge in [0.2, 0.25) is 0 Å². The van der Waals surface area contributed by atoms with Crippen molar-refractivity contribution < 1.29 is 0 Å². The van der Waals surface area contributed by atoms with Gasteiger partial charge in [-0.3, -0.25) is 0 Å². The highest BCUT2D eigenvalue weighted by Gasteiger charge is 2.15. The predicted molar refractivity (Wildman–Crippen MR) is 188 cm³/mol. The quantitative estimate of drug-likeness (QED) is 0.117. The van der Waals surface area contributed by atoms with Crippen molar-refractivity contribution in [2.75, 3.05) is 0 Å². The third-order valence-corrected chi connectivity index (χ3v) is 8.97.